The van der Waals surface area contributed by atoms with Gasteiger partial charge in [-0.05, 0) is 84.4 Å². The van der Waals surface area contributed by atoms with Crippen molar-refractivity contribution in [1.29, 1.82) is 0 Å². The molecule has 1 atom stereocenters. The summed E-state index contributed by atoms with van der Waals surface area (Å²) in [7, 11) is 1.28. The Kier molecular flexibility index (Phi) is 13.8. The smallest absolute Gasteiger partial charge is 0.408 e. The molecule has 1 aliphatic heterocycles. The Morgan fingerprint density at radius 2 is 1.92 bits per heavy atom. The van der Waals surface area contributed by atoms with Crippen LogP contribution in [-0.4, -0.2) is 96.0 Å². The van der Waals surface area contributed by atoms with Crippen LogP contribution in [0.4, 0.5) is 10.6 Å². The van der Waals surface area contributed by atoms with Crippen LogP contribution in [0.25, 0.3) is 21.3 Å². The summed E-state index contributed by atoms with van der Waals surface area (Å²) in [4.78, 5) is 53.0. The third kappa shape index (κ3) is 11.0. The van der Waals surface area contributed by atoms with E-state index in [1.165, 1.54) is 12.0 Å². The van der Waals surface area contributed by atoms with Crippen molar-refractivity contribution in [2.24, 2.45) is 0 Å². The highest BCUT2D eigenvalue weighted by Crippen LogP contribution is 2.39. The molecule has 0 radical (unpaired) electrons. The highest BCUT2D eigenvalue weighted by Gasteiger charge is 2.25. The van der Waals surface area contributed by atoms with Crippen LogP contribution in [0, 0.1) is 0 Å². The van der Waals surface area contributed by atoms with E-state index in [0.29, 0.717) is 57.2 Å². The number of likely N-dealkylation sites (tertiary alicyclic amines) is 1. The van der Waals surface area contributed by atoms with E-state index in [2.05, 4.69) is 38.5 Å². The van der Waals surface area contributed by atoms with Crippen LogP contribution in [0.2, 0.25) is 0 Å². The standard InChI is InChI=1S/C34H53N7O6S/c1-6-7-11-26-39-28-29(40-26)31(35)37-24-21-25(48-30(24)28)22-12-16-41(17-13-22)18-20-46-19-14-27(42)36-15-9-8-10-23(32(43)45-5)38-33(44)47-34(2,3)4/h21-23H,6-20H2,1-5H3,(H2,35,37)(H,36,42)(H,38,44)(H,39,40)/t23-/m0/s1. The quantitative estimate of drug-likeness (QED) is 0.111. The molecule has 5 N–H and O–H groups in total. The molecule has 0 spiro atoms. The van der Waals surface area contributed by atoms with Gasteiger partial charge in [0.2, 0.25) is 5.91 Å². The van der Waals surface area contributed by atoms with Crippen LogP contribution < -0.4 is 16.4 Å². The van der Waals surface area contributed by atoms with E-state index in [1.807, 2.05) is 11.3 Å². The zero-order chi connectivity index (χ0) is 34.7. The maximum atomic E-state index is 12.2. The molecule has 1 aliphatic rings. The number of hydrogen-bond donors (Lipinski definition) is 4. The number of unbranched alkanes of at least 4 members (excludes halogenated alkanes) is 2. The fourth-order valence-corrected chi connectivity index (χ4v) is 7.08. The lowest BCUT2D eigenvalue weighted by molar-refractivity contribution is -0.143. The van der Waals surface area contributed by atoms with Crippen molar-refractivity contribution in [2.75, 3.05) is 52.2 Å². The SMILES string of the molecule is CCCCc1nc2c(N)nc3cc(C4CCN(CCOCCC(=O)NCCCC[C@H](NC(=O)OC(C)(C)C)C(=O)OC)CC4)sc3c2[nH]1. The van der Waals surface area contributed by atoms with Gasteiger partial charge in [0.05, 0.1) is 36.1 Å². The number of aryl methyl sites for hydroxylation is 1. The van der Waals surface area contributed by atoms with Gasteiger partial charge in [-0.25, -0.2) is 19.6 Å². The number of amides is 2. The Bertz CT molecular complexity index is 1510. The molecule has 3 aromatic rings. The number of nitrogen functional groups attached to an aromatic ring is 1. The Morgan fingerprint density at radius 1 is 1.15 bits per heavy atom. The number of rotatable bonds is 17. The number of ether oxygens (including phenoxy) is 3. The van der Waals surface area contributed by atoms with Gasteiger partial charge in [-0.2, -0.15) is 0 Å². The fourth-order valence-electron chi connectivity index (χ4n) is 5.81. The predicted octanol–water partition coefficient (Wildman–Crippen LogP) is 5.04. The number of imidazole rings is 1. The molecule has 3 aromatic heterocycles. The summed E-state index contributed by atoms with van der Waals surface area (Å²) in [6, 6.07) is 1.41. The van der Waals surface area contributed by atoms with Gasteiger partial charge in [-0.3, -0.25) is 4.79 Å². The number of methoxy groups -OCH3 is 1. The van der Waals surface area contributed by atoms with E-state index in [4.69, 9.17) is 24.9 Å². The van der Waals surface area contributed by atoms with Crippen LogP contribution in [0.5, 0.6) is 0 Å². The van der Waals surface area contributed by atoms with E-state index in [-0.39, 0.29) is 5.91 Å². The molecule has 0 saturated carbocycles. The maximum absolute atomic E-state index is 12.2. The number of esters is 1. The minimum atomic E-state index is -0.801. The number of anilines is 1. The number of fused-ring (bicyclic) bond motifs is 3. The minimum Gasteiger partial charge on any atom is -0.467 e. The summed E-state index contributed by atoms with van der Waals surface area (Å²) in [6.45, 7) is 11.7. The van der Waals surface area contributed by atoms with Crippen molar-refractivity contribution in [2.45, 2.75) is 103 Å². The molecule has 2 amide bonds. The number of hydrogen-bond acceptors (Lipinski definition) is 11. The van der Waals surface area contributed by atoms with Gasteiger partial charge in [0.1, 0.15) is 23.0 Å². The molecule has 13 nitrogen and oxygen atoms in total. The van der Waals surface area contributed by atoms with Gasteiger partial charge < -0.3 is 40.5 Å². The van der Waals surface area contributed by atoms with Crippen LogP contribution in [0.3, 0.4) is 0 Å². The average Bonchev–Trinajstić information content (AvgIpc) is 3.67. The molecular weight excluding hydrogens is 634 g/mol. The van der Waals surface area contributed by atoms with E-state index in [9.17, 15) is 14.4 Å². The van der Waals surface area contributed by atoms with Gasteiger partial charge in [-0.1, -0.05) is 13.3 Å². The van der Waals surface area contributed by atoms with Gasteiger partial charge >= 0.3 is 12.1 Å². The summed E-state index contributed by atoms with van der Waals surface area (Å²) in [5.41, 5.74) is 8.36. The zero-order valence-corrected chi connectivity index (χ0v) is 29.9. The zero-order valence-electron chi connectivity index (χ0n) is 29.1. The van der Waals surface area contributed by atoms with Crippen LogP contribution >= 0.6 is 11.3 Å². The normalized spacial score (nSPS) is 15.1. The monoisotopic (exact) mass is 687 g/mol. The van der Waals surface area contributed by atoms with E-state index >= 15 is 0 Å². The molecule has 4 rings (SSSR count). The second kappa shape index (κ2) is 17.8. The van der Waals surface area contributed by atoms with Crippen molar-refractivity contribution >= 4 is 56.4 Å². The Balaban J connectivity index is 1.09. The number of alkyl carbamates (subject to hydrolysis) is 1. The fraction of sp³-hybridized carbons (Fsp3) is 0.676. The molecule has 1 saturated heterocycles. The number of nitrogens with one attached hydrogen (secondary N) is 3. The first-order valence-corrected chi connectivity index (χ1v) is 18.0. The molecule has 14 heteroatoms. The van der Waals surface area contributed by atoms with Crippen molar-refractivity contribution in [1.82, 2.24) is 30.5 Å². The predicted molar refractivity (Wildman–Crippen MR) is 188 cm³/mol. The maximum Gasteiger partial charge on any atom is 0.408 e. The topological polar surface area (TPSA) is 174 Å². The highest BCUT2D eigenvalue weighted by atomic mass is 32.1. The van der Waals surface area contributed by atoms with Crippen LogP contribution in [0.15, 0.2) is 6.07 Å². The molecule has 0 aliphatic carbocycles. The molecule has 0 bridgehead atoms. The number of nitrogens with two attached hydrogens (primary N) is 1. The lowest BCUT2D eigenvalue weighted by Crippen LogP contribution is -2.44. The molecule has 4 heterocycles. The summed E-state index contributed by atoms with van der Waals surface area (Å²) in [6.07, 6.45) is 6.57. The number of piperidine rings is 1. The van der Waals surface area contributed by atoms with Gasteiger partial charge in [0.25, 0.3) is 0 Å². The van der Waals surface area contributed by atoms with Crippen LogP contribution in [0.1, 0.15) is 95.7 Å². The number of pyridine rings is 1. The second-order valence-corrected chi connectivity index (χ2v) is 14.5. The lowest BCUT2D eigenvalue weighted by Gasteiger charge is -2.31. The van der Waals surface area contributed by atoms with Gasteiger partial charge in [-0.15, -0.1) is 11.3 Å². The number of aromatic amines is 1. The second-order valence-electron chi connectivity index (χ2n) is 13.4. The van der Waals surface area contributed by atoms with Gasteiger partial charge in [0.15, 0.2) is 5.82 Å². The largest absolute Gasteiger partial charge is 0.467 e. The summed E-state index contributed by atoms with van der Waals surface area (Å²) in [5, 5.41) is 5.45. The molecule has 1 fully saturated rings. The number of nitrogens with zero attached hydrogens (tertiary/aromatic N) is 3. The molecule has 48 heavy (non-hydrogen) atoms. The van der Waals surface area contributed by atoms with Gasteiger partial charge in [0, 0.05) is 30.8 Å². The lowest BCUT2D eigenvalue weighted by atomic mass is 9.95. The van der Waals surface area contributed by atoms with E-state index in [0.717, 1.165) is 78.8 Å². The summed E-state index contributed by atoms with van der Waals surface area (Å²) in [5.74, 6) is 1.37. The first-order chi connectivity index (χ1) is 23.0. The third-order valence-corrected chi connectivity index (χ3v) is 9.70. The number of thiophene rings is 1. The number of carbonyl (C=O) groups excluding carboxylic acids is 3. The number of H-pyrrole nitrogens is 1. The number of carbonyl (C=O) groups is 3. The minimum absolute atomic E-state index is 0.0728. The van der Waals surface area contributed by atoms with Crippen LogP contribution in [-0.2, 0) is 30.2 Å². The Hall–Kier alpha value is -3.49. The summed E-state index contributed by atoms with van der Waals surface area (Å²) < 4.78 is 16.9. The first kappa shape index (κ1) is 37.3. The van der Waals surface area contributed by atoms with E-state index in [1.54, 1.807) is 20.8 Å². The van der Waals surface area contributed by atoms with Crippen molar-refractivity contribution in [3.05, 3.63) is 16.8 Å². The number of aromatic nitrogens is 3. The average molecular weight is 688 g/mol. The highest BCUT2D eigenvalue weighted by molar-refractivity contribution is 7.20. The Morgan fingerprint density at radius 3 is 2.62 bits per heavy atom. The van der Waals surface area contributed by atoms with Crippen molar-refractivity contribution in [3.8, 4) is 0 Å². The third-order valence-electron chi connectivity index (χ3n) is 8.40. The van der Waals surface area contributed by atoms with Crippen molar-refractivity contribution in [3.63, 3.8) is 0 Å². The molecule has 266 valence electrons. The molecule has 0 aromatic carbocycles. The molecular formula is C34H53N7O6S. The van der Waals surface area contributed by atoms with Crippen molar-refractivity contribution < 1.29 is 28.6 Å². The Labute approximate surface area is 287 Å². The van der Waals surface area contributed by atoms with E-state index < -0.39 is 23.7 Å². The molecule has 0 unspecified atom stereocenters. The first-order valence-electron chi connectivity index (χ1n) is 17.2. The summed E-state index contributed by atoms with van der Waals surface area (Å²) >= 11 is 1.81.